The van der Waals surface area contributed by atoms with Crippen LogP contribution in [0.5, 0.6) is 0 Å². The highest BCUT2D eigenvalue weighted by Crippen LogP contribution is 2.26. The largest absolute Gasteiger partial charge is 0.466 e. The second kappa shape index (κ2) is 3.68. The average Bonchev–Trinajstić information content (AvgIpc) is 2.48. The lowest BCUT2D eigenvalue weighted by Gasteiger charge is -2.05. The Labute approximate surface area is 83.8 Å². The predicted octanol–water partition coefficient (Wildman–Crippen LogP) is 2.75. The van der Waals surface area contributed by atoms with Gasteiger partial charge in [0.1, 0.15) is 12.1 Å². The summed E-state index contributed by atoms with van der Waals surface area (Å²) in [5.74, 6) is 0. The van der Waals surface area contributed by atoms with Crippen molar-refractivity contribution >= 4 is 23.6 Å². The van der Waals surface area contributed by atoms with Crippen LogP contribution in [0.3, 0.4) is 0 Å². The quantitative estimate of drug-likeness (QED) is 0.637. The van der Waals surface area contributed by atoms with E-state index in [1.807, 2.05) is 0 Å². The van der Waals surface area contributed by atoms with Crippen molar-refractivity contribution in [3.63, 3.8) is 0 Å². The Kier molecular flexibility index (Phi) is 2.55. The monoisotopic (exact) mass is 205 g/mol. The first-order chi connectivity index (χ1) is 6.29. The van der Waals surface area contributed by atoms with Crippen LogP contribution in [0, 0.1) is 0 Å². The number of rotatable bonds is 1. The molecule has 0 aromatic heterocycles. The number of nitrogens with zero attached hydrogens (tertiary/aromatic N) is 1. The van der Waals surface area contributed by atoms with Gasteiger partial charge in [-0.1, -0.05) is 18.2 Å². The Hall–Kier alpha value is -0.546. The summed E-state index contributed by atoms with van der Waals surface area (Å²) in [7, 11) is -0.436. The van der Waals surface area contributed by atoms with E-state index in [4.69, 9.17) is 0 Å². The Morgan fingerprint density at radius 1 is 1.00 bits per heavy atom. The van der Waals surface area contributed by atoms with E-state index < -0.39 is 0 Å². The van der Waals surface area contributed by atoms with Crippen molar-refractivity contribution in [3.8, 4) is 0 Å². The van der Waals surface area contributed by atoms with Gasteiger partial charge in [0.05, 0.1) is 18.8 Å². The van der Waals surface area contributed by atoms with Gasteiger partial charge >= 0.3 is 17.9 Å². The van der Waals surface area contributed by atoms with Gasteiger partial charge in [-0.3, -0.25) is 0 Å². The van der Waals surface area contributed by atoms with E-state index in [-0.39, 0.29) is 17.9 Å². The first kappa shape index (κ1) is 9.03. The molecule has 1 heterocycles. The van der Waals surface area contributed by atoms with Crippen LogP contribution in [0.15, 0.2) is 30.3 Å². The lowest BCUT2D eigenvalue weighted by Crippen LogP contribution is -2.38. The zero-order chi connectivity index (χ0) is 9.26. The van der Waals surface area contributed by atoms with Crippen molar-refractivity contribution in [1.82, 2.24) is 0 Å². The van der Waals surface area contributed by atoms with Crippen LogP contribution in [0.4, 0.5) is 5.69 Å². The molecule has 0 atom stereocenters. The molecule has 1 aromatic carbocycles. The highest BCUT2D eigenvalue weighted by molar-refractivity contribution is 6.86. The highest BCUT2D eigenvalue weighted by Gasteiger charge is 2.54. The maximum Gasteiger partial charge on any atom is 0.466 e. The van der Waals surface area contributed by atoms with Crippen LogP contribution in [0.1, 0.15) is 0 Å². The van der Waals surface area contributed by atoms with Gasteiger partial charge in [-0.25, -0.2) is 0 Å². The first-order valence-corrected chi connectivity index (χ1v) is 9.10. The molecule has 1 saturated heterocycles. The molecular weight excluding hydrogens is 190 g/mol. The van der Waals surface area contributed by atoms with Gasteiger partial charge in [-0.2, -0.15) is 0 Å². The molecule has 1 nitrogen and oxygen atoms in total. The molecule has 1 aliphatic heterocycles. The van der Waals surface area contributed by atoms with E-state index in [1.54, 1.807) is 0 Å². The highest BCUT2D eigenvalue weighted by atomic mass is 28.4. The molecule has 0 amide bonds. The molecule has 0 spiro atoms. The molecular formula is C10H15NSi2+2. The first-order valence-electron chi connectivity index (χ1n) is 4.79. The maximum atomic E-state index is 2.73. The lowest BCUT2D eigenvalue weighted by atomic mass is 10.3. The summed E-state index contributed by atoms with van der Waals surface area (Å²) < 4.78 is 2.73. The zero-order valence-electron chi connectivity index (χ0n) is 8.25. The number of benzene rings is 1. The molecule has 0 unspecified atom stereocenters. The van der Waals surface area contributed by atoms with Crippen molar-refractivity contribution < 1.29 is 0 Å². The summed E-state index contributed by atoms with van der Waals surface area (Å²) in [6.07, 6.45) is 0. The van der Waals surface area contributed by atoms with Gasteiger partial charge in [0.25, 0.3) is 0 Å². The van der Waals surface area contributed by atoms with Gasteiger partial charge < -0.3 is 0 Å². The van der Waals surface area contributed by atoms with Crippen molar-refractivity contribution in [1.29, 1.82) is 0 Å². The molecule has 1 aliphatic rings. The van der Waals surface area contributed by atoms with E-state index in [0.29, 0.717) is 0 Å². The fraction of sp³-hybridized carbons (Fsp3) is 0.400. The summed E-state index contributed by atoms with van der Waals surface area (Å²) in [5.41, 5.74) is 1.47. The molecule has 0 saturated carbocycles. The smallest absolute Gasteiger partial charge is 0.118 e. The van der Waals surface area contributed by atoms with Gasteiger partial charge in [0, 0.05) is 0 Å². The van der Waals surface area contributed by atoms with Crippen LogP contribution < -0.4 is 4.23 Å². The number of para-hydroxylation sites is 1. The molecule has 1 fully saturated rings. The van der Waals surface area contributed by atoms with Crippen molar-refractivity contribution in [2.24, 2.45) is 0 Å². The number of anilines is 1. The number of hydrogen-bond donors (Lipinski definition) is 0. The van der Waals surface area contributed by atoms with Crippen molar-refractivity contribution in [3.05, 3.63) is 30.3 Å². The molecule has 13 heavy (non-hydrogen) atoms. The molecule has 0 bridgehead atoms. The standard InChI is InChI=1S/C10H15NSi2/c1-12-8-9-13(2)11(12)10-6-4-3-5-7-10/h3-7H,8-9H2,1-2H3/q+2. The summed E-state index contributed by atoms with van der Waals surface area (Å²) in [4.78, 5) is 0. The van der Waals surface area contributed by atoms with E-state index in [9.17, 15) is 0 Å². The maximum absolute atomic E-state index is 2.73. The third-order valence-corrected chi connectivity index (χ3v) is 9.41. The second-order valence-electron chi connectivity index (χ2n) is 3.64. The number of hydrogen-bond acceptors (Lipinski definition) is 1. The minimum absolute atomic E-state index is 0.218. The zero-order valence-corrected chi connectivity index (χ0v) is 10.2. The Bertz CT molecular complexity index is 266. The van der Waals surface area contributed by atoms with Gasteiger partial charge in [0.2, 0.25) is 0 Å². The fourth-order valence-corrected chi connectivity index (χ4v) is 9.73. The molecule has 3 heteroatoms. The van der Waals surface area contributed by atoms with Crippen LogP contribution in [0.25, 0.3) is 0 Å². The summed E-state index contributed by atoms with van der Waals surface area (Å²) >= 11 is 0. The van der Waals surface area contributed by atoms with E-state index >= 15 is 0 Å². The van der Waals surface area contributed by atoms with Crippen LogP contribution in [0.2, 0.25) is 25.2 Å². The van der Waals surface area contributed by atoms with Crippen molar-refractivity contribution in [2.45, 2.75) is 25.2 Å². The summed E-state index contributed by atoms with van der Waals surface area (Å²) in [6, 6.07) is 13.9. The second-order valence-corrected chi connectivity index (χ2v) is 8.92. The Morgan fingerprint density at radius 3 is 2.08 bits per heavy atom. The third-order valence-electron chi connectivity index (χ3n) is 2.63. The van der Waals surface area contributed by atoms with Crippen molar-refractivity contribution in [2.75, 3.05) is 4.23 Å². The normalized spacial score (nSPS) is 16.9. The fourth-order valence-electron chi connectivity index (χ4n) is 1.93. The SMILES string of the molecule is C[Si+]1CC[Si+](C)N1c1ccccc1. The molecule has 2 rings (SSSR count). The average molecular weight is 205 g/mol. The van der Waals surface area contributed by atoms with Gasteiger partial charge in [-0.15, -0.1) is 4.23 Å². The molecule has 66 valence electrons. The van der Waals surface area contributed by atoms with E-state index in [2.05, 4.69) is 47.7 Å². The molecule has 0 aliphatic carbocycles. The van der Waals surface area contributed by atoms with E-state index in [1.165, 1.54) is 17.8 Å². The van der Waals surface area contributed by atoms with Gasteiger partial charge in [0.15, 0.2) is 0 Å². The third kappa shape index (κ3) is 1.71. The minimum atomic E-state index is -0.218. The van der Waals surface area contributed by atoms with Gasteiger partial charge in [-0.05, 0) is 12.1 Å². The summed E-state index contributed by atoms with van der Waals surface area (Å²) in [6.45, 7) is 4.89. The van der Waals surface area contributed by atoms with Crippen LogP contribution >= 0.6 is 0 Å². The van der Waals surface area contributed by atoms with Crippen LogP contribution in [-0.4, -0.2) is 17.9 Å². The predicted molar refractivity (Wildman–Crippen MR) is 61.8 cm³/mol. The molecule has 0 radical (unpaired) electrons. The Morgan fingerprint density at radius 2 is 1.54 bits per heavy atom. The Balaban J connectivity index is 2.25. The van der Waals surface area contributed by atoms with E-state index in [0.717, 1.165) is 0 Å². The topological polar surface area (TPSA) is 3.24 Å². The summed E-state index contributed by atoms with van der Waals surface area (Å²) in [5, 5.41) is 0. The van der Waals surface area contributed by atoms with Crippen LogP contribution in [-0.2, 0) is 0 Å². The minimum Gasteiger partial charge on any atom is -0.118 e. The molecule has 1 aromatic rings. The molecule has 0 N–H and O–H groups in total. The lowest BCUT2D eigenvalue weighted by molar-refractivity contribution is 1.41.